The molecule has 0 unspecified atom stereocenters. The Labute approximate surface area is 173 Å². The summed E-state index contributed by atoms with van der Waals surface area (Å²) >= 11 is 6.19. The number of imide groups is 1. The van der Waals surface area contributed by atoms with E-state index in [1.807, 2.05) is 0 Å². The number of rotatable bonds is 6. The van der Waals surface area contributed by atoms with Gasteiger partial charge in [-0.2, -0.15) is 0 Å². The molecule has 2 aromatic rings. The molecule has 0 radical (unpaired) electrons. The van der Waals surface area contributed by atoms with Crippen LogP contribution in [0.5, 0.6) is 5.75 Å². The zero-order valence-corrected chi connectivity index (χ0v) is 16.9. The van der Waals surface area contributed by atoms with Gasteiger partial charge in [-0.15, -0.1) is 0 Å². The van der Waals surface area contributed by atoms with Crippen molar-refractivity contribution in [2.45, 2.75) is 39.0 Å². The van der Waals surface area contributed by atoms with Gasteiger partial charge in [0.1, 0.15) is 11.3 Å². The van der Waals surface area contributed by atoms with E-state index in [9.17, 15) is 14.4 Å². The summed E-state index contributed by atoms with van der Waals surface area (Å²) in [5.41, 5.74) is 1.90. The number of carbonyl (C=O) groups is 2. The Bertz CT molecular complexity index is 1010. The molecule has 154 valence electrons. The van der Waals surface area contributed by atoms with Crippen LogP contribution in [0.4, 0.5) is 4.79 Å². The third-order valence-corrected chi connectivity index (χ3v) is 5.03. The summed E-state index contributed by atoms with van der Waals surface area (Å²) < 4.78 is 10.5. The number of hydrogen-bond acceptors (Lipinski definition) is 5. The highest BCUT2D eigenvalue weighted by Gasteiger charge is 2.13. The van der Waals surface area contributed by atoms with Gasteiger partial charge in [0.25, 0.3) is 5.91 Å². The molecule has 1 aromatic heterocycles. The van der Waals surface area contributed by atoms with E-state index in [-0.39, 0.29) is 10.8 Å². The van der Waals surface area contributed by atoms with E-state index < -0.39 is 24.2 Å². The first-order valence-corrected chi connectivity index (χ1v) is 9.92. The van der Waals surface area contributed by atoms with Gasteiger partial charge >= 0.3 is 11.7 Å². The van der Waals surface area contributed by atoms with Crippen LogP contribution in [0.3, 0.4) is 0 Å². The fourth-order valence-electron chi connectivity index (χ4n) is 3.25. The third-order valence-electron chi connectivity index (χ3n) is 4.73. The highest BCUT2D eigenvalue weighted by Crippen LogP contribution is 2.30. The minimum Gasteiger partial charge on any atom is -0.482 e. The van der Waals surface area contributed by atoms with Crippen LogP contribution < -0.4 is 21.0 Å². The van der Waals surface area contributed by atoms with Crippen molar-refractivity contribution in [1.82, 2.24) is 10.6 Å². The van der Waals surface area contributed by atoms with E-state index >= 15 is 0 Å². The molecule has 1 aliphatic rings. The van der Waals surface area contributed by atoms with E-state index in [2.05, 4.69) is 16.7 Å². The fraction of sp³-hybridized carbons (Fsp3) is 0.381. The molecule has 3 rings (SSSR count). The second-order valence-electron chi connectivity index (χ2n) is 6.98. The highest BCUT2D eigenvalue weighted by atomic mass is 35.5. The normalized spacial score (nSPS) is 13.7. The fourth-order valence-corrected chi connectivity index (χ4v) is 3.47. The molecule has 1 aromatic carbocycles. The number of hydrogen-bond donors (Lipinski definition) is 2. The zero-order chi connectivity index (χ0) is 20.8. The van der Waals surface area contributed by atoms with Gasteiger partial charge in [-0.25, -0.2) is 9.59 Å². The largest absolute Gasteiger partial charge is 0.482 e. The lowest BCUT2D eigenvalue weighted by atomic mass is 9.97. The van der Waals surface area contributed by atoms with Crippen LogP contribution in [0.2, 0.25) is 5.02 Å². The topological polar surface area (TPSA) is 97.6 Å². The molecule has 0 aliphatic heterocycles. The molecule has 0 saturated carbocycles. The van der Waals surface area contributed by atoms with Gasteiger partial charge in [-0.3, -0.25) is 10.1 Å². The Morgan fingerprint density at radius 2 is 2.07 bits per heavy atom. The van der Waals surface area contributed by atoms with Crippen LogP contribution >= 0.6 is 11.6 Å². The van der Waals surface area contributed by atoms with Crippen molar-refractivity contribution in [1.29, 1.82) is 0 Å². The Kier molecular flexibility index (Phi) is 6.93. The second-order valence-corrected chi connectivity index (χ2v) is 7.39. The van der Waals surface area contributed by atoms with E-state index in [0.717, 1.165) is 24.8 Å². The van der Waals surface area contributed by atoms with Crippen molar-refractivity contribution in [2.24, 2.45) is 0 Å². The summed E-state index contributed by atoms with van der Waals surface area (Å²) in [6.07, 6.45) is 7.58. The van der Waals surface area contributed by atoms with E-state index in [1.54, 1.807) is 13.0 Å². The molecule has 1 aliphatic carbocycles. The standard InChI is InChI=1S/C21H23ClN2O5/c1-13-9-20(26)29-17-11-18(16(22)10-15(13)17)28-12-19(25)24-21(27)23-8-7-14-5-3-2-4-6-14/h5,9-11H,2-4,6-8,12H2,1H3,(H2,23,24,25,27). The van der Waals surface area contributed by atoms with Gasteiger partial charge in [0.05, 0.1) is 5.02 Å². The number of halogens is 1. The third kappa shape index (κ3) is 5.84. The summed E-state index contributed by atoms with van der Waals surface area (Å²) in [5.74, 6) is -0.422. The van der Waals surface area contributed by atoms with Gasteiger partial charge in [0, 0.05) is 24.1 Å². The van der Waals surface area contributed by atoms with Crippen LogP contribution in [0, 0.1) is 6.92 Å². The summed E-state index contributed by atoms with van der Waals surface area (Å²) in [7, 11) is 0. The van der Waals surface area contributed by atoms with Crippen LogP contribution in [0.25, 0.3) is 11.0 Å². The predicted molar refractivity (Wildman–Crippen MR) is 110 cm³/mol. The molecule has 2 N–H and O–H groups in total. The number of fused-ring (bicyclic) bond motifs is 1. The highest BCUT2D eigenvalue weighted by molar-refractivity contribution is 6.32. The van der Waals surface area contributed by atoms with Crippen molar-refractivity contribution in [3.05, 3.63) is 50.9 Å². The first kappa shape index (κ1) is 20.9. The molecule has 0 saturated heterocycles. The van der Waals surface area contributed by atoms with Gasteiger partial charge in [-0.1, -0.05) is 23.3 Å². The summed E-state index contributed by atoms with van der Waals surface area (Å²) in [5, 5.41) is 5.83. The SMILES string of the molecule is Cc1cc(=O)oc2cc(OCC(=O)NC(=O)NCCC3=CCCCC3)c(Cl)cc12. The minimum absolute atomic E-state index is 0.188. The zero-order valence-electron chi connectivity index (χ0n) is 16.2. The Hall–Kier alpha value is -2.80. The van der Waals surface area contributed by atoms with Crippen LogP contribution in [-0.4, -0.2) is 25.1 Å². The average molecular weight is 419 g/mol. The Morgan fingerprint density at radius 1 is 1.24 bits per heavy atom. The monoisotopic (exact) mass is 418 g/mol. The maximum Gasteiger partial charge on any atom is 0.336 e. The van der Waals surface area contributed by atoms with Gasteiger partial charge < -0.3 is 14.5 Å². The Morgan fingerprint density at radius 3 is 2.83 bits per heavy atom. The van der Waals surface area contributed by atoms with Crippen LogP contribution in [0.1, 0.15) is 37.7 Å². The van der Waals surface area contributed by atoms with Gasteiger partial charge in [0.2, 0.25) is 0 Å². The summed E-state index contributed by atoms with van der Waals surface area (Å²) in [4.78, 5) is 35.3. The number of allylic oxidation sites excluding steroid dienone is 1. The maximum absolute atomic E-state index is 11.9. The van der Waals surface area contributed by atoms with Crippen LogP contribution in [0.15, 0.2) is 39.1 Å². The lowest BCUT2D eigenvalue weighted by molar-refractivity contribution is -0.122. The molecule has 0 bridgehead atoms. The van der Waals surface area contributed by atoms with Crippen molar-refractivity contribution in [2.75, 3.05) is 13.2 Å². The molecule has 0 atom stereocenters. The minimum atomic E-state index is -0.610. The van der Waals surface area contributed by atoms with Gasteiger partial charge in [-0.05, 0) is 50.7 Å². The summed E-state index contributed by atoms with van der Waals surface area (Å²) in [6, 6.07) is 3.86. The number of aryl methyl sites for hydroxylation is 1. The first-order chi connectivity index (χ1) is 13.9. The number of amides is 3. The quantitative estimate of drug-likeness (QED) is 0.548. The van der Waals surface area contributed by atoms with Crippen molar-refractivity contribution < 1.29 is 18.7 Å². The number of ether oxygens (including phenoxy) is 1. The lowest BCUT2D eigenvalue weighted by Gasteiger charge is -2.13. The molecule has 0 spiro atoms. The van der Waals surface area contributed by atoms with Crippen molar-refractivity contribution in [3.63, 3.8) is 0 Å². The van der Waals surface area contributed by atoms with E-state index in [1.165, 1.54) is 30.5 Å². The van der Waals surface area contributed by atoms with Crippen molar-refractivity contribution in [3.8, 4) is 5.75 Å². The first-order valence-electron chi connectivity index (χ1n) is 9.55. The number of benzene rings is 1. The molecule has 3 amide bonds. The Balaban J connectivity index is 1.49. The molecule has 8 heteroatoms. The molecule has 1 heterocycles. The molecule has 0 fully saturated rings. The smallest absolute Gasteiger partial charge is 0.336 e. The molecule has 29 heavy (non-hydrogen) atoms. The van der Waals surface area contributed by atoms with E-state index in [0.29, 0.717) is 17.5 Å². The lowest BCUT2D eigenvalue weighted by Crippen LogP contribution is -2.42. The van der Waals surface area contributed by atoms with E-state index in [4.69, 9.17) is 20.8 Å². The van der Waals surface area contributed by atoms with Crippen LogP contribution in [-0.2, 0) is 4.79 Å². The second kappa shape index (κ2) is 9.60. The predicted octanol–water partition coefficient (Wildman–Crippen LogP) is 3.85. The number of urea groups is 1. The van der Waals surface area contributed by atoms with Gasteiger partial charge in [0.15, 0.2) is 6.61 Å². The van der Waals surface area contributed by atoms with Crippen molar-refractivity contribution >= 4 is 34.5 Å². The number of carbonyl (C=O) groups excluding carboxylic acids is 2. The molecular formula is C21H23ClN2O5. The molecule has 7 nitrogen and oxygen atoms in total. The average Bonchev–Trinajstić information content (AvgIpc) is 2.68. The maximum atomic E-state index is 11.9. The molecular weight excluding hydrogens is 396 g/mol. The summed E-state index contributed by atoms with van der Waals surface area (Å²) in [6.45, 7) is 1.84. The number of nitrogens with one attached hydrogen (secondary N) is 2.